The average molecular weight is 1510 g/mol. The number of aromatic nitrogens is 8. The standard InChI is InChI=1S/C57H36N4O.C51H32N4O/c1-4-16-37(17-5-1)39-30-32-41(33-31-39)56-58-55(40-20-8-3-9-21-40)59-57(60-56)47-25-11-13-29-50(47)61-49-28-12-10-24-45(49)46-34-35-51-52(53(46)61)48-27-15-26-44(54(48)62-51)43-23-14-22-42(36-43)38-18-6-2-7-19-38;1-4-15-33(16-5-1)34-27-29-37(30-28-34)50-52-49(36-19-8-3-9-20-36)53-51(54-50)41-22-11-13-26-44(41)55-43-25-12-10-21-39(43)40-31-32-45-46(47(40)55)42-24-14-23-38(48(42)56-45)35-17-6-2-7-18-35/h1-36H;1-32H. The van der Waals surface area contributed by atoms with Gasteiger partial charge in [-0.1, -0.05) is 346 Å². The number of furan rings is 2. The van der Waals surface area contributed by atoms with Crippen LogP contribution < -0.4 is 0 Å². The Morgan fingerprint density at radius 3 is 0.881 bits per heavy atom. The molecule has 0 amide bonds. The predicted molar refractivity (Wildman–Crippen MR) is 483 cm³/mol. The van der Waals surface area contributed by atoms with Crippen LogP contribution in [0.25, 0.3) is 223 Å². The number of benzene rings is 17. The number of para-hydroxylation sites is 6. The van der Waals surface area contributed by atoms with Gasteiger partial charge in [0, 0.05) is 76.8 Å². The summed E-state index contributed by atoms with van der Waals surface area (Å²) in [4.78, 5) is 31.0. The van der Waals surface area contributed by atoms with Gasteiger partial charge in [-0.3, -0.25) is 0 Å². The summed E-state index contributed by atoms with van der Waals surface area (Å²) in [6, 6.07) is 143. The van der Waals surface area contributed by atoms with Gasteiger partial charge in [0.25, 0.3) is 0 Å². The van der Waals surface area contributed by atoms with Crippen molar-refractivity contribution in [2.45, 2.75) is 0 Å². The highest BCUT2D eigenvalue weighted by atomic mass is 16.3. The first-order valence-corrected chi connectivity index (χ1v) is 39.6. The molecule has 17 aromatic carbocycles. The van der Waals surface area contributed by atoms with E-state index >= 15 is 0 Å². The zero-order valence-electron chi connectivity index (χ0n) is 63.7. The predicted octanol–water partition coefficient (Wildman–Crippen LogP) is 28.1. The molecule has 552 valence electrons. The zero-order chi connectivity index (χ0) is 78.0. The summed E-state index contributed by atoms with van der Waals surface area (Å²) >= 11 is 0. The monoisotopic (exact) mass is 1510 g/mol. The Kier molecular flexibility index (Phi) is 17.0. The smallest absolute Gasteiger partial charge is 0.166 e. The first kappa shape index (κ1) is 68.7. The first-order valence-electron chi connectivity index (χ1n) is 39.6. The maximum Gasteiger partial charge on any atom is 0.166 e. The molecule has 6 aromatic heterocycles. The molecule has 0 fully saturated rings. The summed E-state index contributed by atoms with van der Waals surface area (Å²) in [7, 11) is 0. The molecule has 0 spiro atoms. The second-order valence-electron chi connectivity index (χ2n) is 29.5. The minimum atomic E-state index is 0.590. The third-order valence-corrected chi connectivity index (χ3v) is 22.6. The molecule has 10 nitrogen and oxygen atoms in total. The van der Waals surface area contributed by atoms with Crippen LogP contribution in [0.4, 0.5) is 0 Å². The highest BCUT2D eigenvalue weighted by Gasteiger charge is 2.27. The Hall–Kier alpha value is -16.0. The largest absolute Gasteiger partial charge is 0.455 e. The fraction of sp³-hybridized carbons (Fsp3) is 0. The minimum Gasteiger partial charge on any atom is -0.455 e. The van der Waals surface area contributed by atoms with Gasteiger partial charge >= 0.3 is 0 Å². The van der Waals surface area contributed by atoms with Crippen molar-refractivity contribution in [1.82, 2.24) is 39.0 Å². The number of hydrogen-bond acceptors (Lipinski definition) is 8. The number of fused-ring (bicyclic) bond motifs is 14. The molecule has 23 rings (SSSR count). The van der Waals surface area contributed by atoms with Crippen molar-refractivity contribution in [2.75, 3.05) is 0 Å². The summed E-state index contributed by atoms with van der Waals surface area (Å²) in [5.41, 5.74) is 26.4. The number of nitrogens with zero attached hydrogens (tertiary/aromatic N) is 8. The highest BCUT2D eigenvalue weighted by Crippen LogP contribution is 2.48. The quantitative estimate of drug-likeness (QED) is 0.112. The van der Waals surface area contributed by atoms with Crippen LogP contribution >= 0.6 is 0 Å². The van der Waals surface area contributed by atoms with Crippen molar-refractivity contribution < 1.29 is 8.83 Å². The molecule has 6 heterocycles. The van der Waals surface area contributed by atoms with Crippen molar-refractivity contribution in [3.05, 3.63) is 413 Å². The van der Waals surface area contributed by atoms with E-state index in [-0.39, 0.29) is 0 Å². The first-order chi connectivity index (χ1) is 58.5. The molecular formula is C108H68N8O2. The summed E-state index contributed by atoms with van der Waals surface area (Å²) in [5, 5.41) is 8.86. The van der Waals surface area contributed by atoms with Crippen LogP contribution in [0.1, 0.15) is 0 Å². The number of hydrogen-bond donors (Lipinski definition) is 0. The van der Waals surface area contributed by atoms with Crippen molar-refractivity contribution >= 4 is 87.5 Å². The zero-order valence-corrected chi connectivity index (χ0v) is 63.7. The van der Waals surface area contributed by atoms with E-state index in [1.165, 1.54) is 5.56 Å². The Morgan fingerprint density at radius 1 is 0.178 bits per heavy atom. The van der Waals surface area contributed by atoms with Crippen LogP contribution in [0, 0.1) is 0 Å². The molecule has 0 bridgehead atoms. The van der Waals surface area contributed by atoms with Crippen molar-refractivity contribution in [3.8, 4) is 135 Å². The third-order valence-electron chi connectivity index (χ3n) is 22.6. The van der Waals surface area contributed by atoms with Gasteiger partial charge in [-0.05, 0) is 111 Å². The van der Waals surface area contributed by atoms with E-state index in [2.05, 4.69) is 343 Å². The Bertz CT molecular complexity index is 7760. The lowest BCUT2D eigenvalue weighted by atomic mass is 9.97. The van der Waals surface area contributed by atoms with E-state index in [4.69, 9.17) is 38.7 Å². The molecule has 0 radical (unpaired) electrons. The second kappa shape index (κ2) is 29.2. The van der Waals surface area contributed by atoms with Crippen LogP contribution in [-0.2, 0) is 0 Å². The molecular weight excluding hydrogens is 1440 g/mol. The molecule has 0 saturated heterocycles. The molecule has 0 atom stereocenters. The van der Waals surface area contributed by atoms with Gasteiger partial charge in [-0.25, -0.2) is 29.9 Å². The third kappa shape index (κ3) is 12.1. The second-order valence-corrected chi connectivity index (χ2v) is 29.5. The maximum absolute atomic E-state index is 6.91. The molecule has 10 heteroatoms. The topological polar surface area (TPSA) is 113 Å². The van der Waals surface area contributed by atoms with Crippen molar-refractivity contribution in [2.24, 2.45) is 0 Å². The van der Waals surface area contributed by atoms with E-state index in [0.29, 0.717) is 34.9 Å². The molecule has 118 heavy (non-hydrogen) atoms. The SMILES string of the molecule is c1ccc(-c2ccc(-c3nc(-c4ccccc4)nc(-c4ccccc4-n4c5ccccc5c5ccc6oc7c(-c8cccc(-c9ccccc9)c8)cccc7c6c54)n3)cc2)cc1.c1ccc(-c2ccc(-c3nc(-c4ccccc4)nc(-c4ccccc4-n4c5ccccc5c5ccc6oc7c(-c8ccccc8)cccc7c6c54)n3)cc2)cc1. The maximum atomic E-state index is 6.91. The van der Waals surface area contributed by atoms with Crippen molar-refractivity contribution in [1.29, 1.82) is 0 Å². The minimum absolute atomic E-state index is 0.590. The summed E-state index contributed by atoms with van der Waals surface area (Å²) in [5.74, 6) is 3.64. The van der Waals surface area contributed by atoms with Crippen molar-refractivity contribution in [3.63, 3.8) is 0 Å². The molecule has 0 aliphatic heterocycles. The Morgan fingerprint density at radius 2 is 0.458 bits per heavy atom. The van der Waals surface area contributed by atoms with Gasteiger partial charge in [-0.2, -0.15) is 0 Å². The average Bonchev–Trinajstić information content (AvgIpc) is 1.57. The van der Waals surface area contributed by atoms with Crippen LogP contribution in [0.2, 0.25) is 0 Å². The summed E-state index contributed by atoms with van der Waals surface area (Å²) in [6.45, 7) is 0. The Labute approximate surface area is 678 Å². The fourth-order valence-electron chi connectivity index (χ4n) is 17.0. The van der Waals surface area contributed by atoms with E-state index < -0.39 is 0 Å². The molecule has 0 saturated carbocycles. The molecule has 0 aliphatic carbocycles. The van der Waals surface area contributed by atoms with E-state index in [1.54, 1.807) is 0 Å². The van der Waals surface area contributed by atoms with Crippen LogP contribution in [-0.4, -0.2) is 39.0 Å². The van der Waals surface area contributed by atoms with E-state index in [0.717, 1.165) is 182 Å². The lowest BCUT2D eigenvalue weighted by Crippen LogP contribution is -2.03. The van der Waals surface area contributed by atoms with Gasteiger partial charge in [0.15, 0.2) is 34.9 Å². The number of rotatable bonds is 13. The van der Waals surface area contributed by atoms with Crippen LogP contribution in [0.15, 0.2) is 421 Å². The van der Waals surface area contributed by atoms with Crippen LogP contribution in [0.5, 0.6) is 0 Å². The molecule has 0 unspecified atom stereocenters. The molecule has 0 N–H and O–H groups in total. The summed E-state index contributed by atoms with van der Waals surface area (Å²) < 4.78 is 18.4. The lowest BCUT2D eigenvalue weighted by Gasteiger charge is -2.15. The Balaban J connectivity index is 0.000000143. The van der Waals surface area contributed by atoms with Gasteiger partial charge in [-0.15, -0.1) is 0 Å². The lowest BCUT2D eigenvalue weighted by molar-refractivity contribution is 0.670. The molecule has 23 aromatic rings. The van der Waals surface area contributed by atoms with Gasteiger partial charge in [0.05, 0.1) is 44.2 Å². The highest BCUT2D eigenvalue weighted by molar-refractivity contribution is 6.27. The fourth-order valence-corrected chi connectivity index (χ4v) is 17.0. The summed E-state index contributed by atoms with van der Waals surface area (Å²) in [6.07, 6.45) is 0. The normalized spacial score (nSPS) is 11.6. The van der Waals surface area contributed by atoms with Gasteiger partial charge < -0.3 is 18.0 Å². The van der Waals surface area contributed by atoms with E-state index in [1.807, 2.05) is 78.9 Å². The van der Waals surface area contributed by atoms with Gasteiger partial charge in [0.2, 0.25) is 0 Å². The molecule has 0 aliphatic rings. The van der Waals surface area contributed by atoms with Crippen LogP contribution in [0.3, 0.4) is 0 Å². The van der Waals surface area contributed by atoms with Gasteiger partial charge in [0.1, 0.15) is 22.3 Å². The van der Waals surface area contributed by atoms with E-state index in [9.17, 15) is 0 Å².